The molecule has 4 atom stereocenters. The number of carbonyl (C=O) groups is 2. The molecule has 188 valence electrons. The van der Waals surface area contributed by atoms with Crippen LogP contribution >= 0.6 is 0 Å². The van der Waals surface area contributed by atoms with Crippen LogP contribution in [0.4, 0.5) is 4.39 Å². The second-order valence-electron chi connectivity index (χ2n) is 10.3. The molecule has 10 nitrogen and oxygen atoms in total. The first-order chi connectivity index (χ1) is 17.8. The molecule has 37 heavy (non-hydrogen) atoms. The van der Waals surface area contributed by atoms with Crippen LogP contribution in [0.2, 0.25) is 0 Å². The molecule has 0 spiro atoms. The first-order valence-corrected chi connectivity index (χ1v) is 12.3. The number of carbonyl (C=O) groups excluding carboxylic acids is 2. The Morgan fingerprint density at radius 2 is 2.14 bits per heavy atom. The van der Waals surface area contributed by atoms with Crippen molar-refractivity contribution in [3.05, 3.63) is 75.4 Å². The number of amides is 2. The second-order valence-corrected chi connectivity index (χ2v) is 10.3. The Morgan fingerprint density at radius 3 is 2.92 bits per heavy atom. The Labute approximate surface area is 208 Å². The van der Waals surface area contributed by atoms with Crippen LogP contribution in [0.5, 0.6) is 0 Å². The van der Waals surface area contributed by atoms with E-state index in [1.165, 1.54) is 11.6 Å². The van der Waals surface area contributed by atoms with Crippen LogP contribution in [-0.4, -0.2) is 37.9 Å². The molecule has 1 aromatic carbocycles. The molecule has 8 rings (SSSR count). The Hall–Kier alpha value is -4.28. The van der Waals surface area contributed by atoms with Gasteiger partial charge in [0.1, 0.15) is 11.4 Å². The third kappa shape index (κ3) is 3.12. The van der Waals surface area contributed by atoms with E-state index in [9.17, 15) is 18.8 Å². The third-order valence-electron chi connectivity index (χ3n) is 8.41. The summed E-state index contributed by atoms with van der Waals surface area (Å²) in [6, 6.07) is 6.34. The Bertz CT molecular complexity index is 1720. The number of halogens is 1. The average molecular weight is 503 g/mol. The number of hydrogen-bond donors (Lipinski definition) is 3. The Balaban J connectivity index is 1.11. The van der Waals surface area contributed by atoms with Gasteiger partial charge in [0.2, 0.25) is 0 Å². The highest BCUT2D eigenvalue weighted by molar-refractivity contribution is 5.98. The van der Waals surface area contributed by atoms with Crippen molar-refractivity contribution in [1.82, 2.24) is 30.2 Å². The van der Waals surface area contributed by atoms with E-state index < -0.39 is 23.4 Å². The maximum atomic E-state index is 14.4. The number of benzene rings is 1. The van der Waals surface area contributed by atoms with Gasteiger partial charge in [0.15, 0.2) is 17.0 Å². The summed E-state index contributed by atoms with van der Waals surface area (Å²) >= 11 is 0. The standard InChI is InChI=1S/C26H23FN6O4/c1-12-15-4-3-14-8-26(15,21(12)14)11-29-24(35)19-7-18(31-22-16(27)10-30-33(19)22)23(34)28-9-13-2-5-20-17(6-13)32-25(36)37-20/h2,5-8,10,12,15,21H,3-4,9,11H2,1H3,(H,28,34)(H,29,35)(H,32,36). The number of H-pyrrole nitrogens is 1. The summed E-state index contributed by atoms with van der Waals surface area (Å²) in [6.07, 6.45) is 5.59. The number of aromatic nitrogens is 4. The maximum absolute atomic E-state index is 14.4. The second kappa shape index (κ2) is 7.61. The Morgan fingerprint density at radius 1 is 1.27 bits per heavy atom. The molecular weight excluding hydrogens is 479 g/mol. The van der Waals surface area contributed by atoms with Crippen LogP contribution in [0.3, 0.4) is 0 Å². The molecule has 11 heteroatoms. The number of nitrogens with one attached hydrogen (secondary N) is 3. The molecule has 3 aromatic heterocycles. The minimum atomic E-state index is -0.731. The number of hydrogen-bond acceptors (Lipinski definition) is 6. The lowest BCUT2D eigenvalue weighted by Gasteiger charge is -2.70. The summed E-state index contributed by atoms with van der Waals surface area (Å²) in [5, 5.41) is 9.69. The lowest BCUT2D eigenvalue weighted by molar-refractivity contribution is -0.112. The zero-order valence-electron chi connectivity index (χ0n) is 19.9. The molecule has 2 amide bonds. The van der Waals surface area contributed by atoms with Crippen molar-refractivity contribution in [1.29, 1.82) is 0 Å². The molecule has 3 N–H and O–H groups in total. The fraction of sp³-hybridized carbons (Fsp3) is 0.346. The van der Waals surface area contributed by atoms with Gasteiger partial charge in [-0.15, -0.1) is 0 Å². The Kier molecular flexibility index (Phi) is 4.52. The van der Waals surface area contributed by atoms with Crippen LogP contribution in [-0.2, 0) is 6.54 Å². The van der Waals surface area contributed by atoms with Crippen LogP contribution in [0.25, 0.3) is 16.7 Å². The smallest absolute Gasteiger partial charge is 0.408 e. The SMILES string of the molecule is CC1C2CCC3=CC2(CNC(=O)c2cc(C(=O)NCc4ccc5oc(=O)[nH]c5c4)nc4c(F)cnn24)C31. The number of aromatic amines is 1. The van der Waals surface area contributed by atoms with E-state index in [4.69, 9.17) is 4.42 Å². The maximum Gasteiger partial charge on any atom is 0.417 e. The van der Waals surface area contributed by atoms with Gasteiger partial charge >= 0.3 is 5.76 Å². The fourth-order valence-corrected chi connectivity index (χ4v) is 6.84. The summed E-state index contributed by atoms with van der Waals surface area (Å²) in [5.74, 6) is -0.570. The van der Waals surface area contributed by atoms with Crippen LogP contribution < -0.4 is 16.4 Å². The number of oxazole rings is 1. The summed E-state index contributed by atoms with van der Waals surface area (Å²) in [4.78, 5) is 44.2. The van der Waals surface area contributed by atoms with Gasteiger partial charge in [-0.3, -0.25) is 14.6 Å². The molecular formula is C26H23FN6O4. The van der Waals surface area contributed by atoms with Crippen molar-refractivity contribution in [2.75, 3.05) is 6.54 Å². The number of fused-ring (bicyclic) bond motifs is 3. The van der Waals surface area contributed by atoms with Crippen molar-refractivity contribution in [3.63, 3.8) is 0 Å². The van der Waals surface area contributed by atoms with Crippen molar-refractivity contribution in [2.24, 2.45) is 23.2 Å². The van der Waals surface area contributed by atoms with Crippen molar-refractivity contribution in [3.8, 4) is 0 Å². The highest BCUT2D eigenvalue weighted by atomic mass is 19.1. The largest absolute Gasteiger partial charge is 0.417 e. The number of nitrogens with zero attached hydrogens (tertiary/aromatic N) is 3. The average Bonchev–Trinajstić information content (AvgIpc) is 3.45. The van der Waals surface area contributed by atoms with E-state index >= 15 is 0 Å². The van der Waals surface area contributed by atoms with Crippen molar-refractivity contribution < 1.29 is 18.4 Å². The minimum absolute atomic E-state index is 0.0186. The monoisotopic (exact) mass is 502 g/mol. The predicted octanol–water partition coefficient (Wildman–Crippen LogP) is 2.57. The van der Waals surface area contributed by atoms with Gasteiger partial charge in [-0.1, -0.05) is 24.6 Å². The number of rotatable bonds is 6. The van der Waals surface area contributed by atoms with Gasteiger partial charge < -0.3 is 15.1 Å². The molecule has 2 fully saturated rings. The molecule has 4 unspecified atom stereocenters. The highest BCUT2D eigenvalue weighted by Gasteiger charge is 2.67. The molecule has 0 saturated heterocycles. The highest BCUT2D eigenvalue weighted by Crippen LogP contribution is 2.72. The quantitative estimate of drug-likeness (QED) is 0.347. The normalized spacial score (nSPS) is 25.4. The molecule has 4 aliphatic rings. The fourth-order valence-electron chi connectivity index (χ4n) is 6.84. The molecule has 2 saturated carbocycles. The van der Waals surface area contributed by atoms with Gasteiger partial charge in [-0.25, -0.2) is 18.7 Å². The zero-order valence-corrected chi connectivity index (χ0v) is 19.9. The van der Waals surface area contributed by atoms with Crippen LogP contribution in [0.15, 0.2) is 51.3 Å². The van der Waals surface area contributed by atoms with E-state index in [2.05, 4.69) is 38.7 Å². The van der Waals surface area contributed by atoms with E-state index in [1.54, 1.807) is 18.2 Å². The molecule has 4 aromatic rings. The van der Waals surface area contributed by atoms with E-state index in [1.807, 2.05) is 0 Å². The third-order valence-corrected chi connectivity index (χ3v) is 8.41. The van der Waals surface area contributed by atoms with Gasteiger partial charge in [0.05, 0.1) is 11.7 Å². The van der Waals surface area contributed by atoms with E-state index in [0.29, 0.717) is 41.0 Å². The van der Waals surface area contributed by atoms with Crippen LogP contribution in [0, 0.1) is 29.0 Å². The van der Waals surface area contributed by atoms with Crippen molar-refractivity contribution >= 4 is 28.6 Å². The van der Waals surface area contributed by atoms with E-state index in [-0.39, 0.29) is 29.0 Å². The van der Waals surface area contributed by atoms with Gasteiger partial charge in [0.25, 0.3) is 11.8 Å². The van der Waals surface area contributed by atoms with Gasteiger partial charge in [0, 0.05) is 24.6 Å². The number of allylic oxidation sites excluding steroid dienone is 1. The molecule has 4 bridgehead atoms. The molecule has 0 aliphatic heterocycles. The first-order valence-electron chi connectivity index (χ1n) is 12.3. The van der Waals surface area contributed by atoms with Crippen LogP contribution in [0.1, 0.15) is 46.3 Å². The molecule has 0 radical (unpaired) electrons. The first kappa shape index (κ1) is 22.0. The molecule has 4 aliphatic carbocycles. The summed E-state index contributed by atoms with van der Waals surface area (Å²) < 4.78 is 20.5. The van der Waals surface area contributed by atoms with Gasteiger partial charge in [-0.05, 0) is 48.3 Å². The summed E-state index contributed by atoms with van der Waals surface area (Å²) in [5.41, 5.74) is 2.88. The lowest BCUT2D eigenvalue weighted by atomic mass is 9.34. The van der Waals surface area contributed by atoms with Gasteiger partial charge in [-0.2, -0.15) is 5.10 Å². The molecule has 3 heterocycles. The predicted molar refractivity (Wildman–Crippen MR) is 129 cm³/mol. The van der Waals surface area contributed by atoms with Crippen molar-refractivity contribution in [2.45, 2.75) is 26.3 Å². The topological polar surface area (TPSA) is 134 Å². The summed E-state index contributed by atoms with van der Waals surface area (Å²) in [6.45, 7) is 2.90. The summed E-state index contributed by atoms with van der Waals surface area (Å²) in [7, 11) is 0. The zero-order chi connectivity index (χ0) is 25.5. The minimum Gasteiger partial charge on any atom is -0.408 e. The van der Waals surface area contributed by atoms with E-state index in [0.717, 1.165) is 23.6 Å². The lowest BCUT2D eigenvalue weighted by Crippen LogP contribution is -2.67.